The molecule has 0 spiro atoms. The van der Waals surface area contributed by atoms with Gasteiger partial charge in [-0.15, -0.1) is 0 Å². The van der Waals surface area contributed by atoms with Crippen molar-refractivity contribution in [3.63, 3.8) is 0 Å². The van der Waals surface area contributed by atoms with E-state index in [0.717, 1.165) is 25.3 Å². The number of carbonyl (C=O) groups excluding carboxylic acids is 1. The van der Waals surface area contributed by atoms with Gasteiger partial charge in [0.1, 0.15) is 0 Å². The molecule has 2 rings (SSSR count). The molecule has 1 aliphatic rings. The van der Waals surface area contributed by atoms with Crippen LogP contribution >= 0.6 is 15.9 Å². The number of rotatable bonds is 3. The molecule has 1 aliphatic carbocycles. The Hall–Kier alpha value is -0.840. The second-order valence-corrected chi connectivity index (χ2v) is 5.47. The zero-order chi connectivity index (χ0) is 13.3. The maximum absolute atomic E-state index is 12.7. The first-order valence-corrected chi connectivity index (χ1v) is 6.57. The van der Waals surface area contributed by atoms with Crippen LogP contribution in [0, 0.1) is 5.92 Å². The van der Waals surface area contributed by atoms with E-state index in [9.17, 15) is 18.0 Å². The highest BCUT2D eigenvalue weighted by Gasteiger charge is 2.33. The molecule has 1 fully saturated rings. The van der Waals surface area contributed by atoms with Crippen molar-refractivity contribution in [2.75, 3.05) is 0 Å². The van der Waals surface area contributed by atoms with Crippen molar-refractivity contribution in [3.05, 3.63) is 33.8 Å². The van der Waals surface area contributed by atoms with Gasteiger partial charge in [-0.25, -0.2) is 0 Å². The molecule has 1 aromatic rings. The van der Waals surface area contributed by atoms with Gasteiger partial charge in [0.25, 0.3) is 0 Å². The predicted octanol–water partition coefficient (Wildman–Crippen LogP) is 4.84. The molecule has 1 nitrogen and oxygen atoms in total. The first-order chi connectivity index (χ1) is 8.38. The molecule has 0 saturated heterocycles. The predicted molar refractivity (Wildman–Crippen MR) is 65.4 cm³/mol. The SMILES string of the molecule is O=C(CC1CCC1)c1ccc(Br)c(C(F)(F)F)c1. The number of ketones is 1. The van der Waals surface area contributed by atoms with E-state index in [-0.39, 0.29) is 15.8 Å². The van der Waals surface area contributed by atoms with Crippen LogP contribution in [0.3, 0.4) is 0 Å². The Bertz CT molecular complexity index is 464. The van der Waals surface area contributed by atoms with Crippen LogP contribution < -0.4 is 0 Å². The molecule has 0 heterocycles. The van der Waals surface area contributed by atoms with Gasteiger partial charge in [-0.2, -0.15) is 13.2 Å². The summed E-state index contributed by atoms with van der Waals surface area (Å²) in [5.74, 6) is 0.160. The summed E-state index contributed by atoms with van der Waals surface area (Å²) in [7, 11) is 0. The maximum atomic E-state index is 12.7. The average molecular weight is 321 g/mol. The fraction of sp³-hybridized carbons (Fsp3) is 0.462. The number of halogens is 4. The molecule has 5 heteroatoms. The van der Waals surface area contributed by atoms with Crippen LogP contribution in [-0.2, 0) is 6.18 Å². The third-order valence-electron chi connectivity index (χ3n) is 3.29. The zero-order valence-electron chi connectivity index (χ0n) is 9.56. The van der Waals surface area contributed by atoms with Crippen molar-refractivity contribution in [3.8, 4) is 0 Å². The Morgan fingerprint density at radius 3 is 2.50 bits per heavy atom. The lowest BCUT2D eigenvalue weighted by Crippen LogP contribution is -2.16. The molecule has 0 bridgehead atoms. The summed E-state index contributed by atoms with van der Waals surface area (Å²) >= 11 is 2.86. The van der Waals surface area contributed by atoms with Crippen LogP contribution in [0.1, 0.15) is 41.6 Å². The maximum Gasteiger partial charge on any atom is 0.417 e. The monoisotopic (exact) mass is 320 g/mol. The van der Waals surface area contributed by atoms with Gasteiger partial charge in [0.05, 0.1) is 5.56 Å². The van der Waals surface area contributed by atoms with Gasteiger partial charge in [-0.1, -0.05) is 41.3 Å². The molecule has 1 aromatic carbocycles. The molecule has 0 atom stereocenters. The van der Waals surface area contributed by atoms with Crippen molar-refractivity contribution in [2.24, 2.45) is 5.92 Å². The van der Waals surface area contributed by atoms with Gasteiger partial charge in [0.15, 0.2) is 5.78 Å². The minimum atomic E-state index is -4.44. The van der Waals surface area contributed by atoms with E-state index in [4.69, 9.17) is 0 Å². The number of hydrogen-bond donors (Lipinski definition) is 0. The molecule has 0 unspecified atom stereocenters. The third kappa shape index (κ3) is 2.94. The Morgan fingerprint density at radius 1 is 1.33 bits per heavy atom. The van der Waals surface area contributed by atoms with Crippen molar-refractivity contribution in [1.82, 2.24) is 0 Å². The highest BCUT2D eigenvalue weighted by atomic mass is 79.9. The molecule has 0 aromatic heterocycles. The normalized spacial score (nSPS) is 16.4. The van der Waals surface area contributed by atoms with Crippen LogP contribution in [0.15, 0.2) is 22.7 Å². The van der Waals surface area contributed by atoms with Crippen LogP contribution in [0.2, 0.25) is 0 Å². The molecule has 98 valence electrons. The van der Waals surface area contributed by atoms with Crippen LogP contribution in [0.5, 0.6) is 0 Å². The highest BCUT2D eigenvalue weighted by molar-refractivity contribution is 9.10. The molecule has 0 aliphatic heterocycles. The standard InChI is InChI=1S/C13H12BrF3O/c14-11-5-4-9(7-10(11)13(15,16)17)12(18)6-8-2-1-3-8/h4-5,7-8H,1-3,6H2. The lowest BCUT2D eigenvalue weighted by Gasteiger charge is -2.24. The Kier molecular flexibility index (Phi) is 3.80. The summed E-state index contributed by atoms with van der Waals surface area (Å²) < 4.78 is 38.0. The first-order valence-electron chi connectivity index (χ1n) is 5.78. The molecular weight excluding hydrogens is 309 g/mol. The summed E-state index contributed by atoms with van der Waals surface area (Å²) in [6, 6.07) is 3.67. The van der Waals surface area contributed by atoms with E-state index < -0.39 is 11.7 Å². The zero-order valence-corrected chi connectivity index (χ0v) is 11.1. The molecule has 0 N–H and O–H groups in total. The fourth-order valence-electron chi connectivity index (χ4n) is 1.99. The minimum Gasteiger partial charge on any atom is -0.294 e. The van der Waals surface area contributed by atoms with E-state index in [0.29, 0.717) is 12.3 Å². The highest BCUT2D eigenvalue weighted by Crippen LogP contribution is 2.36. The molecule has 18 heavy (non-hydrogen) atoms. The Balaban J connectivity index is 2.20. The first kappa shape index (κ1) is 13.6. The summed E-state index contributed by atoms with van der Waals surface area (Å²) in [5.41, 5.74) is -0.639. The summed E-state index contributed by atoms with van der Waals surface area (Å²) in [5, 5.41) is 0. The van der Waals surface area contributed by atoms with E-state index in [1.807, 2.05) is 0 Å². The quantitative estimate of drug-likeness (QED) is 0.728. The largest absolute Gasteiger partial charge is 0.417 e. The summed E-state index contributed by atoms with van der Waals surface area (Å²) in [4.78, 5) is 11.9. The van der Waals surface area contributed by atoms with Crippen molar-refractivity contribution in [1.29, 1.82) is 0 Å². The van der Waals surface area contributed by atoms with Gasteiger partial charge in [-0.3, -0.25) is 4.79 Å². The summed E-state index contributed by atoms with van der Waals surface area (Å²) in [6.07, 6.45) is -0.945. The van der Waals surface area contributed by atoms with Crippen LogP contribution in [0.4, 0.5) is 13.2 Å². The van der Waals surface area contributed by atoms with E-state index in [1.54, 1.807) is 0 Å². The smallest absolute Gasteiger partial charge is 0.294 e. The number of Topliss-reactive ketones (excluding diaryl/α,β-unsaturated/α-hetero) is 1. The van der Waals surface area contributed by atoms with Crippen molar-refractivity contribution < 1.29 is 18.0 Å². The van der Waals surface area contributed by atoms with Gasteiger partial charge < -0.3 is 0 Å². The number of benzene rings is 1. The van der Waals surface area contributed by atoms with Gasteiger partial charge in [-0.05, 0) is 18.1 Å². The van der Waals surface area contributed by atoms with Crippen molar-refractivity contribution >= 4 is 21.7 Å². The van der Waals surface area contributed by atoms with E-state index >= 15 is 0 Å². The number of carbonyl (C=O) groups is 1. The van der Waals surface area contributed by atoms with E-state index in [1.165, 1.54) is 12.1 Å². The summed E-state index contributed by atoms with van der Waals surface area (Å²) in [6.45, 7) is 0. The minimum absolute atomic E-state index is 0.0322. The lowest BCUT2D eigenvalue weighted by molar-refractivity contribution is -0.138. The Morgan fingerprint density at radius 2 is 2.00 bits per heavy atom. The number of hydrogen-bond acceptors (Lipinski definition) is 1. The second-order valence-electron chi connectivity index (χ2n) is 4.62. The lowest BCUT2D eigenvalue weighted by atomic mass is 9.81. The topological polar surface area (TPSA) is 17.1 Å². The molecule has 0 amide bonds. The second kappa shape index (κ2) is 5.03. The number of alkyl halides is 3. The van der Waals surface area contributed by atoms with Gasteiger partial charge in [0, 0.05) is 16.5 Å². The third-order valence-corrected chi connectivity index (χ3v) is 3.98. The molecule has 1 saturated carbocycles. The fourth-order valence-corrected chi connectivity index (χ4v) is 2.46. The van der Waals surface area contributed by atoms with Gasteiger partial charge >= 0.3 is 6.18 Å². The van der Waals surface area contributed by atoms with Crippen LogP contribution in [0.25, 0.3) is 0 Å². The van der Waals surface area contributed by atoms with Gasteiger partial charge in [0.2, 0.25) is 0 Å². The average Bonchev–Trinajstić information content (AvgIpc) is 2.22. The molecular formula is C13H12BrF3O. The molecule has 0 radical (unpaired) electrons. The van der Waals surface area contributed by atoms with Crippen LogP contribution in [-0.4, -0.2) is 5.78 Å². The van der Waals surface area contributed by atoms with Crippen molar-refractivity contribution in [2.45, 2.75) is 31.9 Å². The Labute approximate surface area is 112 Å². The van der Waals surface area contributed by atoms with E-state index in [2.05, 4.69) is 15.9 Å².